The molecule has 272 valence electrons. The fraction of sp³-hybridized carbons (Fsp3) is 0.0357. The van der Waals surface area contributed by atoms with E-state index in [-0.39, 0.29) is 0 Å². The molecule has 0 aliphatic heterocycles. The summed E-state index contributed by atoms with van der Waals surface area (Å²) in [5.41, 5.74) is 20.3. The van der Waals surface area contributed by atoms with Gasteiger partial charge >= 0.3 is 0 Å². The first-order chi connectivity index (χ1) is 28.8. The molecule has 0 atom stereocenters. The minimum atomic E-state index is 0.836. The fourth-order valence-corrected chi connectivity index (χ4v) is 9.83. The van der Waals surface area contributed by atoms with E-state index in [0.29, 0.717) is 0 Å². The van der Waals surface area contributed by atoms with Gasteiger partial charge in [-0.3, -0.25) is 0 Å². The maximum Gasteiger partial charge on any atom is 0.0622 e. The molecule has 12 rings (SSSR count). The minimum absolute atomic E-state index is 0.836. The Morgan fingerprint density at radius 2 is 0.759 bits per heavy atom. The van der Waals surface area contributed by atoms with Gasteiger partial charge in [0.05, 0.1) is 22.1 Å². The van der Waals surface area contributed by atoms with E-state index in [4.69, 9.17) is 0 Å². The third-order valence-electron chi connectivity index (χ3n) is 12.4. The van der Waals surface area contributed by atoms with Gasteiger partial charge in [-0.15, -0.1) is 0 Å². The van der Waals surface area contributed by atoms with Crippen LogP contribution < -0.4 is 0 Å². The second-order valence-corrected chi connectivity index (χ2v) is 15.6. The molecule has 0 unspecified atom stereocenters. The molecule has 0 saturated heterocycles. The van der Waals surface area contributed by atoms with Gasteiger partial charge in [-0.2, -0.15) is 0 Å². The number of hydrogen-bond acceptors (Lipinski definition) is 0. The summed E-state index contributed by atoms with van der Waals surface area (Å²) in [4.78, 5) is 0. The first-order valence-corrected chi connectivity index (χ1v) is 20.3. The lowest BCUT2D eigenvalue weighted by molar-refractivity contribution is 1.14. The number of fused-ring (bicyclic) bond motifs is 13. The molecular formula is C56H38N2. The zero-order valence-electron chi connectivity index (χ0n) is 31.9. The molecule has 2 heterocycles. The highest BCUT2D eigenvalue weighted by molar-refractivity contribution is 6.16. The number of nitrogens with zero attached hydrogens (tertiary/aromatic N) is 2. The van der Waals surface area contributed by atoms with Crippen LogP contribution in [0.2, 0.25) is 0 Å². The first kappa shape index (κ1) is 32.8. The molecule has 0 saturated carbocycles. The highest BCUT2D eigenvalue weighted by Gasteiger charge is 2.24. The van der Waals surface area contributed by atoms with Crippen LogP contribution in [0.15, 0.2) is 206 Å². The molecule has 2 heteroatoms. The maximum absolute atomic E-state index is 2.52. The van der Waals surface area contributed by atoms with Gasteiger partial charge in [0.25, 0.3) is 0 Å². The third-order valence-corrected chi connectivity index (χ3v) is 12.4. The van der Waals surface area contributed by atoms with Gasteiger partial charge in [-0.25, -0.2) is 0 Å². The van der Waals surface area contributed by atoms with E-state index in [1.807, 2.05) is 0 Å². The second-order valence-electron chi connectivity index (χ2n) is 15.6. The summed E-state index contributed by atoms with van der Waals surface area (Å²) in [6, 6.07) is 76.4. The number of aromatic nitrogens is 2. The van der Waals surface area contributed by atoms with E-state index >= 15 is 0 Å². The molecule has 0 fully saturated rings. The molecule has 1 aliphatic rings. The smallest absolute Gasteiger partial charge is 0.0622 e. The zero-order chi connectivity index (χ0) is 38.2. The van der Waals surface area contributed by atoms with Crippen LogP contribution in [-0.2, 0) is 12.8 Å². The van der Waals surface area contributed by atoms with Crippen molar-refractivity contribution in [2.45, 2.75) is 12.8 Å². The van der Waals surface area contributed by atoms with E-state index in [9.17, 15) is 0 Å². The maximum atomic E-state index is 2.52. The Balaban J connectivity index is 1.12. The van der Waals surface area contributed by atoms with Crippen molar-refractivity contribution < 1.29 is 0 Å². The van der Waals surface area contributed by atoms with Crippen LogP contribution in [-0.4, -0.2) is 9.13 Å². The summed E-state index contributed by atoms with van der Waals surface area (Å²) in [6.07, 6.45) is 1.69. The molecule has 0 N–H and O–H groups in total. The van der Waals surface area contributed by atoms with Crippen LogP contribution in [0, 0.1) is 0 Å². The van der Waals surface area contributed by atoms with Crippen LogP contribution in [0.3, 0.4) is 0 Å². The molecule has 0 bridgehead atoms. The van der Waals surface area contributed by atoms with Gasteiger partial charge < -0.3 is 9.13 Å². The fourth-order valence-electron chi connectivity index (χ4n) is 9.83. The standard InChI is InChI=1S/C56H38N2/c1-3-18-43(19-4-1)57-52-26-14-13-25-48(52)50-35-37(28-31-53(50)57)38-29-32-54-51(36-38)49-30-27-42-34-40-16-8-11-23-46(40)45-22-10-7-15-39(45)33-41-17-9-12-24-47(41)55(42)56(49)58(54)44-20-5-2-6-21-44/h1-32,35-36H,33-34H2. The van der Waals surface area contributed by atoms with Gasteiger partial charge in [0.15, 0.2) is 0 Å². The quantitative estimate of drug-likeness (QED) is 0.171. The topological polar surface area (TPSA) is 9.86 Å². The average Bonchev–Trinajstić information content (AvgIpc) is 3.80. The molecule has 2 nitrogen and oxygen atoms in total. The molecule has 0 spiro atoms. The van der Waals surface area contributed by atoms with Crippen LogP contribution in [0.25, 0.3) is 88.4 Å². The van der Waals surface area contributed by atoms with Crippen molar-refractivity contribution in [2.75, 3.05) is 0 Å². The lowest BCUT2D eigenvalue weighted by Crippen LogP contribution is -2.04. The molecule has 58 heavy (non-hydrogen) atoms. The van der Waals surface area contributed by atoms with Gasteiger partial charge in [-0.1, -0.05) is 152 Å². The summed E-state index contributed by atoms with van der Waals surface area (Å²) in [6.45, 7) is 0. The van der Waals surface area contributed by atoms with Crippen molar-refractivity contribution in [3.05, 3.63) is 229 Å². The first-order valence-electron chi connectivity index (χ1n) is 20.3. The predicted octanol–water partition coefficient (Wildman–Crippen LogP) is 14.4. The Kier molecular flexibility index (Phi) is 7.39. The van der Waals surface area contributed by atoms with Crippen LogP contribution in [0.1, 0.15) is 22.3 Å². The Morgan fingerprint density at radius 1 is 0.293 bits per heavy atom. The minimum Gasteiger partial charge on any atom is -0.309 e. The van der Waals surface area contributed by atoms with E-state index in [2.05, 4.69) is 215 Å². The molecule has 0 radical (unpaired) electrons. The highest BCUT2D eigenvalue weighted by Crippen LogP contribution is 2.45. The summed E-state index contributed by atoms with van der Waals surface area (Å²) in [5, 5.41) is 5.04. The highest BCUT2D eigenvalue weighted by atomic mass is 15.0. The normalized spacial score (nSPS) is 12.3. The number of rotatable bonds is 3. The molecule has 0 amide bonds. The monoisotopic (exact) mass is 738 g/mol. The van der Waals surface area contributed by atoms with Crippen molar-refractivity contribution >= 4 is 43.6 Å². The lowest BCUT2D eigenvalue weighted by atomic mass is 9.83. The van der Waals surface area contributed by atoms with E-state index < -0.39 is 0 Å². The summed E-state index contributed by atoms with van der Waals surface area (Å²) >= 11 is 0. The van der Waals surface area contributed by atoms with Crippen LogP contribution in [0.4, 0.5) is 0 Å². The lowest BCUT2D eigenvalue weighted by Gasteiger charge is -2.22. The molecule has 9 aromatic carbocycles. The second kappa shape index (κ2) is 13.1. The third kappa shape index (κ3) is 5.05. The van der Waals surface area contributed by atoms with E-state index in [0.717, 1.165) is 12.8 Å². The Hall–Kier alpha value is -7.42. The number of hydrogen-bond donors (Lipinski definition) is 0. The van der Waals surface area contributed by atoms with E-state index in [1.165, 1.54) is 111 Å². The van der Waals surface area contributed by atoms with Crippen molar-refractivity contribution in [3.63, 3.8) is 0 Å². The van der Waals surface area contributed by atoms with Crippen molar-refractivity contribution in [3.8, 4) is 44.8 Å². The van der Waals surface area contributed by atoms with Gasteiger partial charge in [0, 0.05) is 38.5 Å². The Bertz CT molecular complexity index is 3380. The summed E-state index contributed by atoms with van der Waals surface area (Å²) < 4.78 is 4.91. The van der Waals surface area contributed by atoms with Crippen LogP contribution in [0.5, 0.6) is 0 Å². The number of benzene rings is 9. The Labute approximate surface area is 337 Å². The number of para-hydroxylation sites is 3. The van der Waals surface area contributed by atoms with Crippen molar-refractivity contribution in [1.82, 2.24) is 9.13 Å². The zero-order valence-corrected chi connectivity index (χ0v) is 31.9. The Morgan fingerprint density at radius 3 is 1.41 bits per heavy atom. The van der Waals surface area contributed by atoms with Gasteiger partial charge in [0.1, 0.15) is 0 Å². The van der Waals surface area contributed by atoms with Crippen LogP contribution >= 0.6 is 0 Å². The largest absolute Gasteiger partial charge is 0.309 e. The average molecular weight is 739 g/mol. The van der Waals surface area contributed by atoms with Gasteiger partial charge in [0.2, 0.25) is 0 Å². The van der Waals surface area contributed by atoms with E-state index in [1.54, 1.807) is 0 Å². The van der Waals surface area contributed by atoms with Gasteiger partial charge in [-0.05, 0) is 118 Å². The van der Waals surface area contributed by atoms with Crippen molar-refractivity contribution in [2.24, 2.45) is 0 Å². The predicted molar refractivity (Wildman–Crippen MR) is 243 cm³/mol. The molecular weight excluding hydrogens is 701 g/mol. The molecule has 1 aliphatic carbocycles. The molecule has 2 aromatic heterocycles. The summed E-state index contributed by atoms with van der Waals surface area (Å²) in [7, 11) is 0. The van der Waals surface area contributed by atoms with Crippen molar-refractivity contribution in [1.29, 1.82) is 0 Å². The SMILES string of the molecule is c1ccc(-n2c3ccccc3c3cc(-c4ccc5c(c4)c4ccc6c(c4n5-c4ccccc4)-c4ccccc4Cc4ccccc4-c4ccccc4C6)ccc32)cc1. The summed E-state index contributed by atoms with van der Waals surface area (Å²) in [5.74, 6) is 0. The molecule has 11 aromatic rings.